The number of aryl methyl sites for hydroxylation is 1. The number of hydrogen-bond donors (Lipinski definition) is 1. The van der Waals surface area contributed by atoms with Crippen LogP contribution in [0.15, 0.2) is 53.1 Å². The van der Waals surface area contributed by atoms with Gasteiger partial charge in [0.15, 0.2) is 5.78 Å². The minimum Gasteiger partial charge on any atom is -0.468 e. The highest BCUT2D eigenvalue weighted by molar-refractivity contribution is 7.99. The summed E-state index contributed by atoms with van der Waals surface area (Å²) >= 11 is 1.47. The third-order valence-electron chi connectivity index (χ3n) is 3.71. The molecule has 5 nitrogen and oxygen atoms in total. The number of thioether (sulfide) groups is 1. The number of carbonyl (C=O) groups is 2. The summed E-state index contributed by atoms with van der Waals surface area (Å²) in [5.74, 6) is 1.73. The molecule has 2 aromatic rings. The van der Waals surface area contributed by atoms with Crippen molar-refractivity contribution in [1.29, 1.82) is 0 Å². The van der Waals surface area contributed by atoms with Gasteiger partial charge in [0.25, 0.3) is 0 Å². The third-order valence-corrected chi connectivity index (χ3v) is 4.69. The number of furan rings is 1. The van der Waals surface area contributed by atoms with E-state index in [-0.39, 0.29) is 5.78 Å². The Balaban J connectivity index is 1.92. The first-order chi connectivity index (χ1) is 12.8. The Morgan fingerprint density at radius 1 is 1.15 bits per heavy atom. The minimum absolute atomic E-state index is 0.0200. The monoisotopic (exact) mass is 389 g/mol. The van der Waals surface area contributed by atoms with Crippen molar-refractivity contribution >= 4 is 23.6 Å². The van der Waals surface area contributed by atoms with E-state index in [0.29, 0.717) is 24.3 Å². The Kier molecular flexibility index (Phi) is 7.98. The van der Waals surface area contributed by atoms with Crippen LogP contribution in [-0.2, 0) is 21.7 Å². The van der Waals surface area contributed by atoms with Crippen LogP contribution in [0.1, 0.15) is 38.5 Å². The lowest BCUT2D eigenvalue weighted by Crippen LogP contribution is -2.44. The smallest absolute Gasteiger partial charge is 0.408 e. The highest BCUT2D eigenvalue weighted by atomic mass is 32.2. The molecule has 1 aromatic heterocycles. The summed E-state index contributed by atoms with van der Waals surface area (Å²) in [6.45, 7) is 5.39. The largest absolute Gasteiger partial charge is 0.468 e. The Bertz CT molecular complexity index is 708. The van der Waals surface area contributed by atoms with Gasteiger partial charge in [-0.2, -0.15) is 0 Å². The number of alkyl carbamates (subject to hydrolysis) is 1. The van der Waals surface area contributed by atoms with E-state index in [2.05, 4.69) is 5.32 Å². The van der Waals surface area contributed by atoms with Crippen LogP contribution >= 0.6 is 11.8 Å². The summed E-state index contributed by atoms with van der Waals surface area (Å²) < 4.78 is 10.6. The zero-order chi connectivity index (χ0) is 19.7. The van der Waals surface area contributed by atoms with Crippen molar-refractivity contribution in [2.75, 3.05) is 5.75 Å². The molecule has 0 aliphatic heterocycles. The van der Waals surface area contributed by atoms with Gasteiger partial charge in [-0.1, -0.05) is 30.3 Å². The quantitative estimate of drug-likeness (QED) is 0.678. The predicted molar refractivity (Wildman–Crippen MR) is 108 cm³/mol. The zero-order valence-corrected chi connectivity index (χ0v) is 16.9. The number of ether oxygens (including phenoxy) is 1. The summed E-state index contributed by atoms with van der Waals surface area (Å²) in [5, 5.41) is 2.74. The molecule has 0 fully saturated rings. The van der Waals surface area contributed by atoms with Crippen LogP contribution < -0.4 is 5.32 Å². The molecule has 146 valence electrons. The summed E-state index contributed by atoms with van der Waals surface area (Å²) in [6, 6.07) is 13.0. The van der Waals surface area contributed by atoms with Crippen molar-refractivity contribution in [2.45, 2.75) is 51.0 Å². The number of Topliss-reactive ketones (excluding diaryl/α,β-unsaturated/α-hetero) is 1. The molecule has 1 N–H and O–H groups in total. The van der Waals surface area contributed by atoms with Crippen molar-refractivity contribution in [3.63, 3.8) is 0 Å². The molecule has 0 saturated heterocycles. The average molecular weight is 390 g/mol. The van der Waals surface area contributed by atoms with Gasteiger partial charge in [0, 0.05) is 0 Å². The molecule has 0 saturated carbocycles. The summed E-state index contributed by atoms with van der Waals surface area (Å²) in [7, 11) is 0. The number of nitrogens with one attached hydrogen (secondary N) is 1. The standard InChI is InChI=1S/C21H27NO4S/c1-21(2,3)26-20(24)22-18(12-11-16-8-5-4-6-9-16)19(23)15-27-14-17-10-7-13-25-17/h4-10,13,18H,11-12,14-15H2,1-3H3,(H,22,24). The van der Waals surface area contributed by atoms with Crippen LogP contribution in [0.3, 0.4) is 0 Å². The molecule has 1 unspecified atom stereocenters. The lowest BCUT2D eigenvalue weighted by Gasteiger charge is -2.23. The molecule has 0 bridgehead atoms. The molecule has 6 heteroatoms. The second-order valence-electron chi connectivity index (χ2n) is 7.26. The molecule has 1 heterocycles. The lowest BCUT2D eigenvalue weighted by atomic mass is 10.0. The number of hydrogen-bond acceptors (Lipinski definition) is 5. The fraction of sp³-hybridized carbons (Fsp3) is 0.429. The molecule has 1 amide bonds. The van der Waals surface area contributed by atoms with E-state index in [0.717, 1.165) is 11.3 Å². The molecule has 0 aliphatic carbocycles. The average Bonchev–Trinajstić information content (AvgIpc) is 3.11. The van der Waals surface area contributed by atoms with Crippen LogP contribution in [0.4, 0.5) is 4.79 Å². The highest BCUT2D eigenvalue weighted by Gasteiger charge is 2.24. The summed E-state index contributed by atoms with van der Waals surface area (Å²) in [6.07, 6.45) is 2.29. The van der Waals surface area contributed by atoms with E-state index < -0.39 is 17.7 Å². The van der Waals surface area contributed by atoms with Gasteiger partial charge in [0.2, 0.25) is 0 Å². The predicted octanol–water partition coefficient (Wildman–Crippen LogP) is 4.61. The molecule has 0 spiro atoms. The van der Waals surface area contributed by atoms with Gasteiger partial charge in [0.05, 0.1) is 23.8 Å². The van der Waals surface area contributed by atoms with Crippen LogP contribution in [0.25, 0.3) is 0 Å². The summed E-state index contributed by atoms with van der Waals surface area (Å²) in [5.41, 5.74) is 0.523. The Morgan fingerprint density at radius 3 is 2.52 bits per heavy atom. The minimum atomic E-state index is -0.606. The van der Waals surface area contributed by atoms with Gasteiger partial charge in [-0.3, -0.25) is 4.79 Å². The maximum absolute atomic E-state index is 12.7. The first-order valence-electron chi connectivity index (χ1n) is 9.00. The van der Waals surface area contributed by atoms with Crippen molar-refractivity contribution in [2.24, 2.45) is 0 Å². The first kappa shape index (κ1) is 21.1. The van der Waals surface area contributed by atoms with Gasteiger partial charge < -0.3 is 14.5 Å². The molecule has 1 aromatic carbocycles. The number of carbonyl (C=O) groups excluding carboxylic acids is 2. The normalized spacial score (nSPS) is 12.4. The van der Waals surface area contributed by atoms with E-state index in [1.807, 2.05) is 42.5 Å². The molecule has 0 radical (unpaired) electrons. The molecule has 1 atom stereocenters. The van der Waals surface area contributed by atoms with E-state index in [1.165, 1.54) is 11.8 Å². The van der Waals surface area contributed by atoms with E-state index >= 15 is 0 Å². The van der Waals surface area contributed by atoms with Crippen LogP contribution in [0.2, 0.25) is 0 Å². The molecule has 2 rings (SSSR count). The molecular weight excluding hydrogens is 362 g/mol. The second-order valence-corrected chi connectivity index (χ2v) is 8.25. The second kappa shape index (κ2) is 10.2. The van der Waals surface area contributed by atoms with Crippen molar-refractivity contribution in [3.05, 3.63) is 60.1 Å². The van der Waals surface area contributed by atoms with Gasteiger partial charge in [-0.15, -0.1) is 11.8 Å². The van der Waals surface area contributed by atoms with E-state index in [1.54, 1.807) is 27.0 Å². The zero-order valence-electron chi connectivity index (χ0n) is 16.1. The summed E-state index contributed by atoms with van der Waals surface area (Å²) in [4.78, 5) is 24.8. The number of ketones is 1. The van der Waals surface area contributed by atoms with Gasteiger partial charge in [-0.05, 0) is 51.3 Å². The topological polar surface area (TPSA) is 68.5 Å². The number of amides is 1. The van der Waals surface area contributed by atoms with Gasteiger partial charge in [0.1, 0.15) is 11.4 Å². The van der Waals surface area contributed by atoms with Gasteiger partial charge in [-0.25, -0.2) is 4.79 Å². The Hall–Kier alpha value is -2.21. The Morgan fingerprint density at radius 2 is 1.89 bits per heavy atom. The van der Waals surface area contributed by atoms with Crippen molar-refractivity contribution in [3.8, 4) is 0 Å². The maximum Gasteiger partial charge on any atom is 0.408 e. The highest BCUT2D eigenvalue weighted by Crippen LogP contribution is 2.15. The van der Waals surface area contributed by atoms with Crippen LogP contribution in [0, 0.1) is 0 Å². The SMILES string of the molecule is CC(C)(C)OC(=O)NC(CCc1ccccc1)C(=O)CSCc1ccco1. The van der Waals surface area contributed by atoms with Crippen molar-refractivity contribution in [1.82, 2.24) is 5.32 Å². The number of benzene rings is 1. The third kappa shape index (κ3) is 8.35. The fourth-order valence-electron chi connectivity index (χ4n) is 2.47. The maximum atomic E-state index is 12.7. The molecular formula is C21H27NO4S. The number of rotatable bonds is 9. The molecule has 0 aliphatic rings. The van der Waals surface area contributed by atoms with E-state index in [4.69, 9.17) is 9.15 Å². The van der Waals surface area contributed by atoms with Crippen LogP contribution in [0.5, 0.6) is 0 Å². The van der Waals surface area contributed by atoms with Crippen molar-refractivity contribution < 1.29 is 18.7 Å². The fourth-order valence-corrected chi connectivity index (χ4v) is 3.34. The first-order valence-corrected chi connectivity index (χ1v) is 10.2. The lowest BCUT2D eigenvalue weighted by molar-refractivity contribution is -0.118. The van der Waals surface area contributed by atoms with Crippen LogP contribution in [-0.4, -0.2) is 29.3 Å². The Labute approximate surface area is 164 Å². The van der Waals surface area contributed by atoms with Gasteiger partial charge >= 0.3 is 6.09 Å². The molecule has 27 heavy (non-hydrogen) atoms. The van der Waals surface area contributed by atoms with E-state index in [9.17, 15) is 9.59 Å².